The number of anilines is 1. The van der Waals surface area contributed by atoms with Crippen LogP contribution in [0.1, 0.15) is 5.56 Å². The van der Waals surface area contributed by atoms with Crippen molar-refractivity contribution >= 4 is 46.2 Å². The van der Waals surface area contributed by atoms with Crippen LogP contribution in [0.2, 0.25) is 10.0 Å². The van der Waals surface area contributed by atoms with Crippen LogP contribution < -0.4 is 15.4 Å². The van der Waals surface area contributed by atoms with Crippen molar-refractivity contribution in [2.75, 3.05) is 12.4 Å². The van der Waals surface area contributed by atoms with Gasteiger partial charge in [-0.3, -0.25) is 0 Å². The second kappa shape index (κ2) is 7.50. The first kappa shape index (κ1) is 15.9. The number of hydrogen-bond donors (Lipinski definition) is 2. The average Bonchev–Trinajstić information content (AvgIpc) is 2.48. The summed E-state index contributed by atoms with van der Waals surface area (Å²) in [4.78, 5) is 0. The monoisotopic (exact) mass is 340 g/mol. The highest BCUT2D eigenvalue weighted by atomic mass is 35.5. The molecule has 0 aliphatic heterocycles. The zero-order valence-corrected chi connectivity index (χ0v) is 13.6. The van der Waals surface area contributed by atoms with E-state index in [4.69, 9.17) is 40.2 Å². The number of rotatable bonds is 4. The highest BCUT2D eigenvalue weighted by Gasteiger charge is 2.04. The first-order chi connectivity index (χ1) is 10.1. The molecule has 0 heterocycles. The van der Waals surface area contributed by atoms with Gasteiger partial charge in [-0.15, -0.1) is 0 Å². The maximum atomic E-state index is 6.08. The van der Waals surface area contributed by atoms with Gasteiger partial charge in [0.2, 0.25) is 0 Å². The molecule has 0 bridgehead atoms. The summed E-state index contributed by atoms with van der Waals surface area (Å²) in [6.07, 6.45) is 0. The van der Waals surface area contributed by atoms with Gasteiger partial charge in [-0.2, -0.15) is 0 Å². The van der Waals surface area contributed by atoms with E-state index in [0.29, 0.717) is 27.4 Å². The minimum atomic E-state index is 0.488. The third-order valence-corrected chi connectivity index (χ3v) is 3.56. The largest absolute Gasteiger partial charge is 0.497 e. The Morgan fingerprint density at radius 2 is 2.00 bits per heavy atom. The lowest BCUT2D eigenvalue weighted by molar-refractivity contribution is 0.414. The number of methoxy groups -OCH3 is 1. The summed E-state index contributed by atoms with van der Waals surface area (Å²) in [7, 11) is 1.64. The Morgan fingerprint density at radius 3 is 2.71 bits per heavy atom. The van der Waals surface area contributed by atoms with Crippen LogP contribution in [0.25, 0.3) is 0 Å². The minimum Gasteiger partial charge on any atom is -0.497 e. The van der Waals surface area contributed by atoms with Crippen molar-refractivity contribution in [3.05, 3.63) is 58.1 Å². The molecule has 21 heavy (non-hydrogen) atoms. The number of thiocarbonyl (C=S) groups is 1. The summed E-state index contributed by atoms with van der Waals surface area (Å²) >= 11 is 17.2. The zero-order chi connectivity index (χ0) is 15.2. The maximum absolute atomic E-state index is 6.08. The van der Waals surface area contributed by atoms with Crippen molar-refractivity contribution in [2.24, 2.45) is 0 Å². The first-order valence-corrected chi connectivity index (χ1v) is 7.38. The maximum Gasteiger partial charge on any atom is 0.171 e. The van der Waals surface area contributed by atoms with Gasteiger partial charge in [0.1, 0.15) is 5.75 Å². The van der Waals surface area contributed by atoms with Gasteiger partial charge in [0, 0.05) is 11.6 Å². The van der Waals surface area contributed by atoms with Crippen molar-refractivity contribution in [1.29, 1.82) is 0 Å². The summed E-state index contributed by atoms with van der Waals surface area (Å²) in [5.74, 6) is 0.814. The third kappa shape index (κ3) is 4.77. The van der Waals surface area contributed by atoms with E-state index in [0.717, 1.165) is 11.3 Å². The lowest BCUT2D eigenvalue weighted by Crippen LogP contribution is -2.28. The Bertz CT molecular complexity index is 649. The van der Waals surface area contributed by atoms with Gasteiger partial charge in [-0.05, 0) is 48.1 Å². The second-order valence-corrected chi connectivity index (χ2v) is 5.54. The van der Waals surface area contributed by atoms with E-state index in [1.807, 2.05) is 24.3 Å². The van der Waals surface area contributed by atoms with Crippen molar-refractivity contribution < 1.29 is 4.74 Å². The molecule has 0 aliphatic carbocycles. The highest BCUT2D eigenvalue weighted by molar-refractivity contribution is 7.80. The molecule has 0 atom stereocenters. The van der Waals surface area contributed by atoms with Crippen LogP contribution in [0.5, 0.6) is 5.75 Å². The predicted molar refractivity (Wildman–Crippen MR) is 92.5 cm³/mol. The Kier molecular flexibility index (Phi) is 5.67. The fourth-order valence-corrected chi connectivity index (χ4v) is 2.36. The molecular formula is C15H14Cl2N2OS. The molecule has 0 radical (unpaired) electrons. The van der Waals surface area contributed by atoms with Crippen LogP contribution in [0, 0.1) is 0 Å². The normalized spacial score (nSPS) is 10.0. The van der Waals surface area contributed by atoms with E-state index in [9.17, 15) is 0 Å². The standard InChI is InChI=1S/C15H14Cl2N2OS/c1-20-12-4-2-3-10(7-12)9-18-15(21)19-14-6-5-11(16)8-13(14)17/h2-8H,9H2,1H3,(H2,18,19,21). The van der Waals surface area contributed by atoms with Gasteiger partial charge in [0.15, 0.2) is 5.11 Å². The lowest BCUT2D eigenvalue weighted by Gasteiger charge is -2.12. The van der Waals surface area contributed by atoms with E-state index in [-0.39, 0.29) is 0 Å². The fraction of sp³-hybridized carbons (Fsp3) is 0.133. The quantitative estimate of drug-likeness (QED) is 0.803. The molecule has 0 spiro atoms. The van der Waals surface area contributed by atoms with Gasteiger partial charge < -0.3 is 15.4 Å². The van der Waals surface area contributed by atoms with Gasteiger partial charge in [-0.1, -0.05) is 35.3 Å². The smallest absolute Gasteiger partial charge is 0.171 e. The van der Waals surface area contributed by atoms with Crippen molar-refractivity contribution in [2.45, 2.75) is 6.54 Å². The third-order valence-electron chi connectivity index (χ3n) is 2.77. The summed E-state index contributed by atoms with van der Waals surface area (Å²) in [5.41, 5.74) is 1.78. The van der Waals surface area contributed by atoms with E-state index in [1.54, 1.807) is 25.3 Å². The molecule has 0 saturated heterocycles. The summed E-state index contributed by atoms with van der Waals surface area (Å²) in [6.45, 7) is 0.592. The first-order valence-electron chi connectivity index (χ1n) is 6.21. The zero-order valence-electron chi connectivity index (χ0n) is 11.3. The predicted octanol–water partition coefficient (Wildman–Crippen LogP) is 4.49. The number of hydrogen-bond acceptors (Lipinski definition) is 2. The van der Waals surface area contributed by atoms with Crippen LogP contribution in [-0.4, -0.2) is 12.2 Å². The van der Waals surface area contributed by atoms with Crippen molar-refractivity contribution in [3.8, 4) is 5.75 Å². The van der Waals surface area contributed by atoms with Gasteiger partial charge in [0.25, 0.3) is 0 Å². The highest BCUT2D eigenvalue weighted by Crippen LogP contribution is 2.25. The van der Waals surface area contributed by atoms with Gasteiger partial charge in [-0.25, -0.2) is 0 Å². The molecule has 0 fully saturated rings. The molecule has 2 aromatic carbocycles. The Labute approximate surface area is 139 Å². The lowest BCUT2D eigenvalue weighted by atomic mass is 10.2. The number of halogens is 2. The molecule has 0 unspecified atom stereocenters. The van der Waals surface area contributed by atoms with Crippen LogP contribution in [0.3, 0.4) is 0 Å². The molecule has 0 amide bonds. The molecule has 6 heteroatoms. The Balaban J connectivity index is 1.92. The number of benzene rings is 2. The number of ether oxygens (including phenoxy) is 1. The van der Waals surface area contributed by atoms with Crippen molar-refractivity contribution in [1.82, 2.24) is 5.32 Å². The Morgan fingerprint density at radius 1 is 1.19 bits per heavy atom. The summed E-state index contributed by atoms with van der Waals surface area (Å²) < 4.78 is 5.18. The average molecular weight is 341 g/mol. The fourth-order valence-electron chi connectivity index (χ4n) is 1.72. The van der Waals surface area contributed by atoms with Gasteiger partial charge in [0.05, 0.1) is 17.8 Å². The topological polar surface area (TPSA) is 33.3 Å². The molecule has 2 rings (SSSR count). The molecule has 0 aliphatic rings. The van der Waals surface area contributed by atoms with Gasteiger partial charge >= 0.3 is 0 Å². The molecule has 0 aromatic heterocycles. The minimum absolute atomic E-state index is 0.488. The van der Waals surface area contributed by atoms with E-state index >= 15 is 0 Å². The summed E-state index contributed by atoms with van der Waals surface area (Å²) in [5, 5.41) is 7.74. The second-order valence-electron chi connectivity index (χ2n) is 4.28. The van der Waals surface area contributed by atoms with E-state index in [2.05, 4.69) is 10.6 Å². The van der Waals surface area contributed by atoms with Crippen LogP contribution in [-0.2, 0) is 6.54 Å². The number of nitrogens with one attached hydrogen (secondary N) is 2. The SMILES string of the molecule is COc1cccc(CNC(=S)Nc2ccc(Cl)cc2Cl)c1. The Hall–Kier alpha value is -1.49. The van der Waals surface area contributed by atoms with E-state index < -0.39 is 0 Å². The van der Waals surface area contributed by atoms with E-state index in [1.165, 1.54) is 0 Å². The van der Waals surface area contributed by atoms with Crippen molar-refractivity contribution in [3.63, 3.8) is 0 Å². The molecule has 3 nitrogen and oxygen atoms in total. The molecule has 0 saturated carbocycles. The van der Waals surface area contributed by atoms with Crippen LogP contribution in [0.15, 0.2) is 42.5 Å². The van der Waals surface area contributed by atoms with Crippen LogP contribution in [0.4, 0.5) is 5.69 Å². The summed E-state index contributed by atoms with van der Waals surface area (Å²) in [6, 6.07) is 13.0. The molecular weight excluding hydrogens is 327 g/mol. The van der Waals surface area contributed by atoms with Crippen LogP contribution >= 0.6 is 35.4 Å². The molecule has 110 valence electrons. The molecule has 2 N–H and O–H groups in total. The molecule has 2 aromatic rings.